The van der Waals surface area contributed by atoms with Crippen molar-refractivity contribution in [2.45, 2.75) is 45.8 Å². The first-order valence-electron chi connectivity index (χ1n) is 14.6. The van der Waals surface area contributed by atoms with Crippen LogP contribution in [-0.4, -0.2) is 48.2 Å². The number of aromatic hydroxyl groups is 1. The van der Waals surface area contributed by atoms with Gasteiger partial charge in [0, 0.05) is 17.9 Å². The average molecular weight is 584 g/mol. The Bertz CT molecular complexity index is 1520. The molecule has 42 heavy (non-hydrogen) atoms. The Morgan fingerprint density at radius 1 is 1.07 bits per heavy atom. The van der Waals surface area contributed by atoms with Crippen molar-refractivity contribution in [1.29, 1.82) is 0 Å². The number of ether oxygens (including phenoxy) is 2. The summed E-state index contributed by atoms with van der Waals surface area (Å²) in [6, 6.07) is 18.3. The van der Waals surface area contributed by atoms with Gasteiger partial charge in [0.2, 0.25) is 11.8 Å². The van der Waals surface area contributed by atoms with Crippen LogP contribution < -0.4 is 0 Å². The Kier molecular flexibility index (Phi) is 8.17. The van der Waals surface area contributed by atoms with Crippen molar-refractivity contribution in [3.8, 4) is 5.75 Å². The van der Waals surface area contributed by atoms with Crippen molar-refractivity contribution in [2.75, 3.05) is 20.3 Å². The molecule has 218 valence electrons. The number of phenols is 1. The zero-order valence-corrected chi connectivity index (χ0v) is 25.2. The summed E-state index contributed by atoms with van der Waals surface area (Å²) in [5, 5.41) is 12.3. The number of benzene rings is 2. The highest BCUT2D eigenvalue weighted by Gasteiger charge is 2.56. The van der Waals surface area contributed by atoms with Crippen LogP contribution in [0.3, 0.4) is 0 Å². The summed E-state index contributed by atoms with van der Waals surface area (Å²) in [6.07, 6.45) is 4.14. The maximum atomic E-state index is 13.7. The minimum atomic E-state index is -0.370. The smallest absolute Gasteiger partial charge is 0.234 e. The van der Waals surface area contributed by atoms with Gasteiger partial charge in [-0.15, -0.1) is 11.3 Å². The summed E-state index contributed by atoms with van der Waals surface area (Å²) in [6.45, 7) is 5.07. The summed E-state index contributed by atoms with van der Waals surface area (Å²) in [4.78, 5) is 29.7. The Hall–Kier alpha value is -3.52. The van der Waals surface area contributed by atoms with E-state index in [9.17, 15) is 14.7 Å². The lowest BCUT2D eigenvalue weighted by atomic mass is 9.69. The van der Waals surface area contributed by atoms with E-state index in [1.165, 1.54) is 16.0 Å². The molecule has 2 aliphatic heterocycles. The molecule has 7 heteroatoms. The fourth-order valence-electron chi connectivity index (χ4n) is 7.07. The Balaban J connectivity index is 1.27. The zero-order chi connectivity index (χ0) is 29.4. The number of rotatable bonds is 9. The fraction of sp³-hybridized carbons (Fsp3) is 0.371. The topological polar surface area (TPSA) is 76.1 Å². The molecule has 0 spiro atoms. The van der Waals surface area contributed by atoms with Gasteiger partial charge in [0.1, 0.15) is 5.75 Å². The molecular weight excluding hydrogens is 546 g/mol. The summed E-state index contributed by atoms with van der Waals surface area (Å²) in [5.74, 6) is -0.617. The largest absolute Gasteiger partial charge is 0.507 e. The van der Waals surface area contributed by atoms with E-state index < -0.39 is 0 Å². The number of aryl methyl sites for hydroxylation is 2. The lowest BCUT2D eigenvalue weighted by molar-refractivity contribution is -0.140. The van der Waals surface area contributed by atoms with Gasteiger partial charge < -0.3 is 14.6 Å². The third kappa shape index (κ3) is 5.37. The molecule has 2 amide bonds. The number of nitrogens with zero attached hydrogens (tertiary/aromatic N) is 1. The molecular formula is C35H37NO5S. The first-order valence-corrected chi connectivity index (χ1v) is 15.5. The summed E-state index contributed by atoms with van der Waals surface area (Å²) < 4.78 is 12.1. The molecule has 2 fully saturated rings. The van der Waals surface area contributed by atoms with Crippen LogP contribution in [0.15, 0.2) is 71.1 Å². The molecule has 3 heterocycles. The molecule has 1 aliphatic carbocycles. The molecule has 6 rings (SSSR count). The number of allylic oxidation sites excluding steroid dienone is 1. The zero-order valence-electron chi connectivity index (χ0n) is 24.3. The van der Waals surface area contributed by atoms with Gasteiger partial charge in [-0.05, 0) is 95.7 Å². The predicted molar refractivity (Wildman–Crippen MR) is 165 cm³/mol. The minimum Gasteiger partial charge on any atom is -0.507 e. The SMILES string of the molecule is COCC1=C2[C@@H](CC/C(=C/c3cc(C)c(O)c(C)c3)c3ccccc3)OC[C@@H]2[C@@H]2C(=O)N(Cc3cccs3)C(=O)[C@@H]2C1. The minimum absolute atomic E-state index is 0.0652. The van der Waals surface area contributed by atoms with E-state index in [0.29, 0.717) is 31.9 Å². The average Bonchev–Trinajstić information content (AvgIpc) is 3.71. The van der Waals surface area contributed by atoms with E-state index in [1.54, 1.807) is 18.4 Å². The van der Waals surface area contributed by atoms with Crippen LogP contribution in [0.5, 0.6) is 5.75 Å². The van der Waals surface area contributed by atoms with Crippen molar-refractivity contribution in [2.24, 2.45) is 17.8 Å². The maximum Gasteiger partial charge on any atom is 0.234 e. The van der Waals surface area contributed by atoms with Crippen LogP contribution in [0.4, 0.5) is 0 Å². The van der Waals surface area contributed by atoms with Crippen LogP contribution in [0, 0.1) is 31.6 Å². The standard InChI is InChI=1S/C35H37NO5S/c1-21-14-23(15-22(2)33(21)37)16-25(24-8-5-4-6-9-24)11-12-30-31-26(19-40-3)17-28-32(29(31)20-41-30)35(39)36(34(28)38)18-27-10-7-13-42-27/h4-10,13-16,28-30,32,37H,11-12,17-20H2,1-3H3/b25-16-/t28-,29+,30-,32-/m1/s1. The van der Waals surface area contributed by atoms with Crippen molar-refractivity contribution in [3.05, 3.63) is 98.3 Å². The van der Waals surface area contributed by atoms with Gasteiger partial charge in [-0.3, -0.25) is 14.5 Å². The Labute approximate surface area is 251 Å². The third-order valence-electron chi connectivity index (χ3n) is 8.99. The lowest BCUT2D eigenvalue weighted by Gasteiger charge is -2.31. The molecule has 4 atom stereocenters. The monoisotopic (exact) mass is 583 g/mol. The molecule has 3 aliphatic rings. The van der Waals surface area contributed by atoms with Crippen molar-refractivity contribution in [3.63, 3.8) is 0 Å². The van der Waals surface area contributed by atoms with Gasteiger partial charge >= 0.3 is 0 Å². The number of imide groups is 1. The van der Waals surface area contributed by atoms with Gasteiger partial charge in [-0.2, -0.15) is 0 Å². The number of amides is 2. The second kappa shape index (κ2) is 12.0. The molecule has 2 aromatic carbocycles. The molecule has 0 saturated carbocycles. The van der Waals surface area contributed by atoms with Gasteiger partial charge in [-0.25, -0.2) is 0 Å². The van der Waals surface area contributed by atoms with Gasteiger partial charge in [-0.1, -0.05) is 42.5 Å². The highest BCUT2D eigenvalue weighted by atomic mass is 32.1. The van der Waals surface area contributed by atoms with Crippen LogP contribution in [0.2, 0.25) is 0 Å². The molecule has 0 unspecified atom stereocenters. The van der Waals surface area contributed by atoms with E-state index >= 15 is 0 Å². The van der Waals surface area contributed by atoms with Crippen LogP contribution in [0.25, 0.3) is 11.6 Å². The Morgan fingerprint density at radius 2 is 1.83 bits per heavy atom. The molecule has 0 radical (unpaired) electrons. The number of fused-ring (bicyclic) bond motifs is 3. The van der Waals surface area contributed by atoms with E-state index in [0.717, 1.165) is 45.5 Å². The van der Waals surface area contributed by atoms with Gasteiger partial charge in [0.15, 0.2) is 0 Å². The number of thiophene rings is 1. The van der Waals surface area contributed by atoms with Gasteiger partial charge in [0.25, 0.3) is 0 Å². The predicted octanol–water partition coefficient (Wildman–Crippen LogP) is 6.55. The van der Waals surface area contributed by atoms with Crippen LogP contribution >= 0.6 is 11.3 Å². The summed E-state index contributed by atoms with van der Waals surface area (Å²) in [5.41, 5.74) is 7.36. The first kappa shape index (κ1) is 28.6. The number of likely N-dealkylation sites (tertiary alicyclic amines) is 1. The first-order chi connectivity index (χ1) is 20.4. The quantitative estimate of drug-likeness (QED) is 0.176. The lowest BCUT2D eigenvalue weighted by Crippen LogP contribution is -2.35. The fourth-order valence-corrected chi connectivity index (χ4v) is 7.76. The number of phenolic OH excluding ortho intramolecular Hbond substituents is 1. The second-order valence-electron chi connectivity index (χ2n) is 11.7. The molecule has 6 nitrogen and oxygen atoms in total. The highest BCUT2D eigenvalue weighted by Crippen LogP contribution is 2.50. The second-order valence-corrected chi connectivity index (χ2v) is 12.7. The number of hydrogen-bond acceptors (Lipinski definition) is 6. The maximum absolute atomic E-state index is 13.7. The summed E-state index contributed by atoms with van der Waals surface area (Å²) in [7, 11) is 1.68. The van der Waals surface area contributed by atoms with E-state index in [1.807, 2.05) is 61.7 Å². The number of carbonyl (C=O) groups excluding carboxylic acids is 2. The molecule has 2 saturated heterocycles. The van der Waals surface area contributed by atoms with Crippen molar-refractivity contribution in [1.82, 2.24) is 4.90 Å². The number of methoxy groups -OCH3 is 1. The molecule has 1 N–H and O–H groups in total. The van der Waals surface area contributed by atoms with E-state index in [2.05, 4.69) is 18.2 Å². The van der Waals surface area contributed by atoms with E-state index in [4.69, 9.17) is 9.47 Å². The molecule has 3 aromatic rings. The molecule has 1 aromatic heterocycles. The van der Waals surface area contributed by atoms with Crippen molar-refractivity contribution < 1.29 is 24.2 Å². The third-order valence-corrected chi connectivity index (χ3v) is 9.85. The number of hydrogen-bond donors (Lipinski definition) is 1. The normalized spacial score (nSPS) is 24.0. The van der Waals surface area contributed by atoms with Crippen LogP contribution in [-0.2, 0) is 25.6 Å². The van der Waals surface area contributed by atoms with Gasteiger partial charge in [0.05, 0.1) is 37.7 Å². The van der Waals surface area contributed by atoms with Crippen LogP contribution in [0.1, 0.15) is 46.4 Å². The van der Waals surface area contributed by atoms with E-state index in [-0.39, 0.29) is 35.7 Å². The summed E-state index contributed by atoms with van der Waals surface area (Å²) >= 11 is 1.57. The number of carbonyl (C=O) groups is 2. The highest BCUT2D eigenvalue weighted by molar-refractivity contribution is 7.09. The molecule has 0 bridgehead atoms. The Morgan fingerprint density at radius 3 is 2.52 bits per heavy atom. The van der Waals surface area contributed by atoms with Crippen molar-refractivity contribution >= 4 is 34.8 Å².